The number of sulfonamides is 1. The van der Waals surface area contributed by atoms with Crippen LogP contribution < -0.4 is 14.9 Å². The van der Waals surface area contributed by atoms with Crippen LogP contribution >= 0.6 is 23.4 Å². The molecule has 2 N–H and O–H groups in total. The maximum absolute atomic E-state index is 13.5. The lowest BCUT2D eigenvalue weighted by Crippen LogP contribution is -2.46. The zero-order chi connectivity index (χ0) is 44.4. The van der Waals surface area contributed by atoms with E-state index in [0.717, 1.165) is 54.9 Å². The molecule has 6 rings (SSSR count). The van der Waals surface area contributed by atoms with Gasteiger partial charge < -0.3 is 19.9 Å². The lowest BCUT2D eigenvalue weighted by Gasteiger charge is -2.36. The van der Waals surface area contributed by atoms with Crippen molar-refractivity contribution in [1.82, 2.24) is 14.5 Å². The molecular weight excluding hydrogens is 848 g/mol. The third kappa shape index (κ3) is 12.7. The SMILES string of the molecule is CN(CC[C@H](CSc1ccccc1)Nc1ccc(S(=O)(=O)NC(=O)c2ccc(N3CCN(Cc4ccccc4-c4ccc(Cl)cc4)CC3)cc2)cc1[N+](=O)[O-])C(=O)OC(C)(C)C. The van der Waals surface area contributed by atoms with Crippen molar-refractivity contribution in [3.8, 4) is 11.1 Å². The van der Waals surface area contributed by atoms with E-state index in [0.29, 0.717) is 17.2 Å². The second-order valence-electron chi connectivity index (χ2n) is 16.0. The van der Waals surface area contributed by atoms with Crippen molar-refractivity contribution in [3.05, 3.63) is 148 Å². The van der Waals surface area contributed by atoms with Crippen molar-refractivity contribution in [2.45, 2.75) is 55.2 Å². The number of nitro groups is 1. The molecule has 326 valence electrons. The van der Waals surface area contributed by atoms with Crippen LogP contribution in [0.3, 0.4) is 0 Å². The molecule has 13 nitrogen and oxygen atoms in total. The molecule has 1 heterocycles. The topological polar surface area (TPSA) is 154 Å². The monoisotopic (exact) mass is 898 g/mol. The number of rotatable bonds is 16. The number of piperazine rings is 1. The van der Waals surface area contributed by atoms with Crippen LogP contribution in [0.5, 0.6) is 0 Å². The third-order valence-electron chi connectivity index (χ3n) is 10.2. The maximum Gasteiger partial charge on any atom is 0.410 e. The number of amides is 2. The van der Waals surface area contributed by atoms with Gasteiger partial charge in [0.1, 0.15) is 11.3 Å². The zero-order valence-corrected chi connectivity index (χ0v) is 37.5. The molecule has 1 fully saturated rings. The molecule has 2 amide bonds. The molecule has 1 aliphatic heterocycles. The van der Waals surface area contributed by atoms with Crippen LogP contribution in [-0.4, -0.2) is 92.3 Å². The van der Waals surface area contributed by atoms with Crippen molar-refractivity contribution in [2.75, 3.05) is 55.7 Å². The van der Waals surface area contributed by atoms with Crippen LogP contribution in [0.1, 0.15) is 43.1 Å². The van der Waals surface area contributed by atoms with Crippen LogP contribution in [0.2, 0.25) is 5.02 Å². The van der Waals surface area contributed by atoms with Crippen molar-refractivity contribution >= 4 is 62.4 Å². The van der Waals surface area contributed by atoms with Crippen LogP contribution in [0.25, 0.3) is 11.1 Å². The van der Waals surface area contributed by atoms with Crippen LogP contribution in [0, 0.1) is 10.1 Å². The molecule has 1 aliphatic rings. The third-order valence-corrected chi connectivity index (χ3v) is 13.0. The van der Waals surface area contributed by atoms with Gasteiger partial charge in [-0.15, -0.1) is 11.8 Å². The normalized spacial score (nSPS) is 13.9. The molecular formula is C46H51ClN6O7S2. The van der Waals surface area contributed by atoms with Gasteiger partial charge in [-0.05, 0) is 105 Å². The lowest BCUT2D eigenvalue weighted by molar-refractivity contribution is -0.384. The number of carbonyl (C=O) groups excluding carboxylic acids is 2. The largest absolute Gasteiger partial charge is 0.444 e. The summed E-state index contributed by atoms with van der Waals surface area (Å²) in [6, 6.07) is 35.7. The summed E-state index contributed by atoms with van der Waals surface area (Å²) in [5.74, 6) is -0.382. The lowest BCUT2D eigenvalue weighted by atomic mass is 9.99. The molecule has 62 heavy (non-hydrogen) atoms. The molecule has 16 heteroatoms. The maximum atomic E-state index is 13.5. The van der Waals surface area contributed by atoms with E-state index >= 15 is 0 Å². The smallest absolute Gasteiger partial charge is 0.410 e. The van der Waals surface area contributed by atoms with Crippen molar-refractivity contribution < 1.29 is 27.7 Å². The van der Waals surface area contributed by atoms with Gasteiger partial charge in [-0.3, -0.25) is 19.8 Å². The van der Waals surface area contributed by atoms with Gasteiger partial charge in [-0.1, -0.05) is 66.2 Å². The first-order chi connectivity index (χ1) is 29.5. The Labute approximate surface area is 372 Å². The number of nitrogens with zero attached hydrogens (tertiary/aromatic N) is 4. The first-order valence-corrected chi connectivity index (χ1v) is 23.0. The van der Waals surface area contributed by atoms with Crippen LogP contribution in [0.4, 0.5) is 21.9 Å². The molecule has 0 aliphatic carbocycles. The summed E-state index contributed by atoms with van der Waals surface area (Å²) in [6.45, 7) is 9.61. The van der Waals surface area contributed by atoms with Crippen molar-refractivity contribution in [2.24, 2.45) is 0 Å². The predicted octanol–water partition coefficient (Wildman–Crippen LogP) is 9.19. The Morgan fingerprint density at radius 3 is 2.23 bits per heavy atom. The predicted molar refractivity (Wildman–Crippen MR) is 247 cm³/mol. The summed E-state index contributed by atoms with van der Waals surface area (Å²) in [7, 11) is -2.88. The molecule has 5 aromatic carbocycles. The molecule has 5 aromatic rings. The van der Waals surface area contributed by atoms with E-state index < -0.39 is 43.1 Å². The van der Waals surface area contributed by atoms with Crippen molar-refractivity contribution in [1.29, 1.82) is 0 Å². The Hall–Kier alpha value is -5.61. The average Bonchev–Trinajstić information content (AvgIpc) is 3.25. The molecule has 0 bridgehead atoms. The standard InChI is InChI=1S/C46H51ClN6O7S2/c1-46(2,3)60-45(55)50(4)25-24-37(32-61-39-11-6-5-7-12-39)48-42-23-22-40(30-43(42)53(56)57)62(58,59)49-44(54)34-16-20-38(21-17-34)52-28-26-51(27-29-52)31-35-10-8-9-13-41(35)33-14-18-36(47)19-15-33/h5-23,30,37,48H,24-29,31-32H2,1-4H3,(H,49,54)/t37-/m1/s1. The van der Waals surface area contributed by atoms with Gasteiger partial charge in [-0.25, -0.2) is 17.9 Å². The van der Waals surface area contributed by atoms with Gasteiger partial charge in [0.15, 0.2) is 0 Å². The Kier molecular flexibility index (Phi) is 15.2. The fraction of sp³-hybridized carbons (Fsp3) is 0.304. The van der Waals surface area contributed by atoms with Crippen LogP contribution in [0.15, 0.2) is 131 Å². The number of carbonyl (C=O) groups is 2. The van der Waals surface area contributed by atoms with Gasteiger partial charge in [0.05, 0.1) is 9.82 Å². The Morgan fingerprint density at radius 2 is 1.56 bits per heavy atom. The second-order valence-corrected chi connectivity index (χ2v) is 19.2. The van der Waals surface area contributed by atoms with Gasteiger partial charge in [-0.2, -0.15) is 0 Å². The highest BCUT2D eigenvalue weighted by Gasteiger charge is 2.27. The van der Waals surface area contributed by atoms with Crippen molar-refractivity contribution in [3.63, 3.8) is 0 Å². The highest BCUT2D eigenvalue weighted by Crippen LogP contribution is 2.31. The minimum atomic E-state index is -4.50. The molecule has 0 saturated carbocycles. The van der Waals surface area contributed by atoms with Gasteiger partial charge in [0.2, 0.25) is 0 Å². The number of thioether (sulfide) groups is 1. The first kappa shape index (κ1) is 45.9. The highest BCUT2D eigenvalue weighted by atomic mass is 35.5. The zero-order valence-electron chi connectivity index (χ0n) is 35.1. The first-order valence-electron chi connectivity index (χ1n) is 20.2. The van der Waals surface area contributed by atoms with E-state index in [1.165, 1.54) is 39.9 Å². The van der Waals surface area contributed by atoms with E-state index in [1.54, 1.807) is 52.1 Å². The number of nitro benzene ring substituents is 1. The summed E-state index contributed by atoms with van der Waals surface area (Å²) in [5.41, 5.74) is 3.49. The Bertz CT molecular complexity index is 2440. The van der Waals surface area contributed by atoms with E-state index in [1.807, 2.05) is 60.7 Å². The minimum Gasteiger partial charge on any atom is -0.444 e. The number of halogens is 1. The summed E-state index contributed by atoms with van der Waals surface area (Å²) in [6.07, 6.45) is -0.0947. The number of hydrogen-bond donors (Lipinski definition) is 2. The number of nitrogens with one attached hydrogen (secondary N) is 2. The van der Waals surface area contributed by atoms with E-state index in [4.69, 9.17) is 16.3 Å². The van der Waals surface area contributed by atoms with Gasteiger partial charge in [0.25, 0.3) is 21.6 Å². The number of hydrogen-bond acceptors (Lipinski definition) is 11. The quantitative estimate of drug-likeness (QED) is 0.0554. The minimum absolute atomic E-state index is 0.0954. The summed E-state index contributed by atoms with van der Waals surface area (Å²) < 4.78 is 34.5. The summed E-state index contributed by atoms with van der Waals surface area (Å²) in [5, 5.41) is 16.2. The van der Waals surface area contributed by atoms with Crippen LogP contribution in [-0.2, 0) is 21.3 Å². The fourth-order valence-electron chi connectivity index (χ4n) is 6.90. The van der Waals surface area contributed by atoms with Gasteiger partial charge in [0, 0.05) is 85.3 Å². The van der Waals surface area contributed by atoms with E-state index in [-0.39, 0.29) is 23.8 Å². The fourth-order valence-corrected chi connectivity index (χ4v) is 9.01. The highest BCUT2D eigenvalue weighted by molar-refractivity contribution is 7.99. The molecule has 1 atom stereocenters. The summed E-state index contributed by atoms with van der Waals surface area (Å²) in [4.78, 5) is 44.2. The molecule has 0 spiro atoms. The summed E-state index contributed by atoms with van der Waals surface area (Å²) >= 11 is 7.66. The van der Waals surface area contributed by atoms with E-state index in [2.05, 4.69) is 38.0 Å². The van der Waals surface area contributed by atoms with Gasteiger partial charge >= 0.3 is 6.09 Å². The molecule has 1 saturated heterocycles. The Balaban J connectivity index is 1.07. The Morgan fingerprint density at radius 1 is 0.903 bits per heavy atom. The molecule has 0 radical (unpaired) electrons. The molecule has 0 aromatic heterocycles. The van der Waals surface area contributed by atoms with E-state index in [9.17, 15) is 28.1 Å². The number of anilines is 2. The second kappa shape index (κ2) is 20.5. The molecule has 0 unspecified atom stereocenters. The average molecular weight is 900 g/mol. The number of ether oxygens (including phenoxy) is 1. The number of benzene rings is 5.